The molecule has 3 aromatic rings. The molecule has 2 aliphatic rings. The Labute approximate surface area is 197 Å². The van der Waals surface area contributed by atoms with Gasteiger partial charge < -0.3 is 14.9 Å². The van der Waals surface area contributed by atoms with Crippen molar-refractivity contribution in [1.29, 1.82) is 0 Å². The first-order valence-corrected chi connectivity index (χ1v) is 12.2. The topological polar surface area (TPSA) is 106 Å². The molecule has 2 N–H and O–H groups in total. The Kier molecular flexibility index (Phi) is 6.22. The van der Waals surface area contributed by atoms with E-state index in [1.165, 1.54) is 10.7 Å². The molecule has 0 unspecified atom stereocenters. The molecule has 2 saturated heterocycles. The number of quaternary nitrogens is 1. The van der Waals surface area contributed by atoms with Crippen LogP contribution in [0.4, 0.5) is 4.39 Å². The molecular weight excluding hydrogens is 439 g/mol. The summed E-state index contributed by atoms with van der Waals surface area (Å²) in [6, 6.07) is 5.17. The monoisotopic (exact) mass is 471 g/mol. The number of hydrogen-bond donors (Lipinski definition) is 2. The maximum Gasteiger partial charge on any atom is 0.339 e. The number of nitrogens with one attached hydrogen (secondary N) is 1. The molecule has 182 valence electrons. The van der Waals surface area contributed by atoms with Gasteiger partial charge in [-0.05, 0) is 17.1 Å². The Hall–Kier alpha value is -2.69. The van der Waals surface area contributed by atoms with Gasteiger partial charge in [-0.3, -0.25) is 4.48 Å². The fraction of sp³-hybridized carbons (Fsp3) is 0.583. The van der Waals surface area contributed by atoms with Crippen molar-refractivity contribution >= 4 is 16.8 Å². The van der Waals surface area contributed by atoms with Crippen LogP contribution >= 0.6 is 0 Å². The van der Waals surface area contributed by atoms with Gasteiger partial charge in [0.05, 0.1) is 24.8 Å². The van der Waals surface area contributed by atoms with Gasteiger partial charge in [0.2, 0.25) is 5.89 Å². The van der Waals surface area contributed by atoms with Gasteiger partial charge in [0.1, 0.15) is 11.3 Å². The molecule has 0 saturated carbocycles. The number of hydrogen-bond acceptors (Lipinski definition) is 7. The lowest BCUT2D eigenvalue weighted by atomic mass is 9.90. The van der Waals surface area contributed by atoms with E-state index in [4.69, 9.17) is 4.52 Å². The number of carbonyl (C=O) groups excluding carboxylic acids is 1. The average molecular weight is 472 g/mol. The highest BCUT2D eigenvalue weighted by atomic mass is 19.1. The van der Waals surface area contributed by atoms with Crippen molar-refractivity contribution in [2.45, 2.75) is 57.4 Å². The van der Waals surface area contributed by atoms with Crippen LogP contribution in [-0.4, -0.2) is 74.2 Å². The third-order valence-corrected chi connectivity index (χ3v) is 7.59. The van der Waals surface area contributed by atoms with Gasteiger partial charge in [0, 0.05) is 50.1 Å². The quantitative estimate of drug-likeness (QED) is 0.551. The number of aliphatic hydroxyl groups excluding tert-OH is 1. The van der Waals surface area contributed by atoms with Crippen LogP contribution in [0.25, 0.3) is 16.9 Å². The summed E-state index contributed by atoms with van der Waals surface area (Å²) in [6.07, 6.45) is 3.28. The fourth-order valence-electron chi connectivity index (χ4n) is 5.73. The van der Waals surface area contributed by atoms with Crippen molar-refractivity contribution in [3.8, 4) is 5.95 Å². The maximum absolute atomic E-state index is 14.7. The number of rotatable bonds is 5. The molecule has 4 heterocycles. The minimum absolute atomic E-state index is 0.0111. The molecule has 2 fully saturated rings. The van der Waals surface area contributed by atoms with Gasteiger partial charge in [0.15, 0.2) is 6.61 Å². The molecule has 1 aromatic carbocycles. The number of benzene rings is 1. The van der Waals surface area contributed by atoms with E-state index in [9.17, 15) is 14.3 Å². The van der Waals surface area contributed by atoms with Crippen LogP contribution in [0, 0.1) is 5.82 Å². The number of nitrogens with zero attached hydrogens (tertiary/aromatic N) is 5. The molecule has 0 spiro atoms. The average Bonchev–Trinajstić information content (AvgIpc) is 3.50. The molecule has 0 radical (unpaired) electrons. The molecule has 0 aliphatic carbocycles. The first-order chi connectivity index (χ1) is 16.4. The van der Waals surface area contributed by atoms with Gasteiger partial charge in [-0.2, -0.15) is 14.8 Å². The van der Waals surface area contributed by atoms with Crippen molar-refractivity contribution in [1.82, 2.24) is 25.2 Å². The highest BCUT2D eigenvalue weighted by Gasteiger charge is 2.47. The summed E-state index contributed by atoms with van der Waals surface area (Å²) < 4.78 is 22.1. The zero-order valence-corrected chi connectivity index (χ0v) is 19.7. The molecule has 2 aliphatic heterocycles. The minimum atomic E-state index is -0.435. The number of carbonyl (C=O) groups is 1. The van der Waals surface area contributed by atoms with E-state index < -0.39 is 6.61 Å². The van der Waals surface area contributed by atoms with Crippen LogP contribution in [0.15, 0.2) is 22.7 Å². The molecule has 2 aromatic heterocycles. The van der Waals surface area contributed by atoms with Gasteiger partial charge in [-0.1, -0.05) is 26.0 Å². The lowest BCUT2D eigenvalue weighted by Crippen LogP contribution is -2.65. The first-order valence-electron chi connectivity index (χ1n) is 12.2. The minimum Gasteiger partial charge on any atom is -0.382 e. The second kappa shape index (κ2) is 9.16. The molecule has 1 amide bonds. The molecule has 9 nitrogen and oxygen atoms in total. The number of piperidine rings is 2. The SMILES string of the molecule is CC(C)c1nn(-c2noc(C3CC[N+](C(=O)CO)(C4CCNCC4)CC3)n2)c2c(F)cccc12. The molecule has 0 bridgehead atoms. The molecule has 10 heteroatoms. The Balaban J connectivity index is 1.40. The van der Waals surface area contributed by atoms with Crippen molar-refractivity contribution in [2.24, 2.45) is 0 Å². The Morgan fingerprint density at radius 1 is 1.26 bits per heavy atom. The zero-order valence-electron chi connectivity index (χ0n) is 19.7. The number of likely N-dealkylation sites (tertiary alicyclic amines) is 1. The lowest BCUT2D eigenvalue weighted by Gasteiger charge is -2.47. The fourth-order valence-corrected chi connectivity index (χ4v) is 5.73. The molecule has 0 atom stereocenters. The van der Waals surface area contributed by atoms with Gasteiger partial charge in [0.25, 0.3) is 5.95 Å². The Bertz CT molecular complexity index is 1170. The third-order valence-electron chi connectivity index (χ3n) is 7.59. The summed E-state index contributed by atoms with van der Waals surface area (Å²) in [5.74, 6) is 0.342. The van der Waals surface area contributed by atoms with Crippen LogP contribution in [0.2, 0.25) is 0 Å². The van der Waals surface area contributed by atoms with Crippen LogP contribution in [0.5, 0.6) is 0 Å². The first kappa shape index (κ1) is 23.1. The van der Waals surface area contributed by atoms with E-state index in [1.807, 2.05) is 19.9 Å². The largest absolute Gasteiger partial charge is 0.382 e. The van der Waals surface area contributed by atoms with Crippen LogP contribution < -0.4 is 5.32 Å². The normalized spacial score (nSPS) is 24.2. The summed E-state index contributed by atoms with van der Waals surface area (Å²) in [5, 5.41) is 22.5. The predicted molar refractivity (Wildman–Crippen MR) is 123 cm³/mol. The van der Waals surface area contributed by atoms with E-state index >= 15 is 0 Å². The number of halogens is 1. The predicted octanol–water partition coefficient (Wildman–Crippen LogP) is 2.64. The van der Waals surface area contributed by atoms with Crippen molar-refractivity contribution in [2.75, 3.05) is 32.8 Å². The standard InChI is InChI=1S/C24H32FN6O3/c1-15(2)21-18-4-3-5-19(25)22(18)30(28-21)24-27-23(34-29-24)16-8-12-31(13-9-16,20(33)14-32)17-6-10-26-11-7-17/h3-5,15-17,26,32H,6-14H2,1-2H3/q+1. The van der Waals surface area contributed by atoms with Crippen LogP contribution in [0.3, 0.4) is 0 Å². The summed E-state index contributed by atoms with van der Waals surface area (Å²) in [5.41, 5.74) is 1.13. The number of para-hydroxylation sites is 1. The molecular formula is C24H32FN6O3+. The second-order valence-electron chi connectivity index (χ2n) is 9.81. The molecule has 34 heavy (non-hydrogen) atoms. The van der Waals surface area contributed by atoms with Crippen LogP contribution in [-0.2, 0) is 4.79 Å². The highest BCUT2D eigenvalue weighted by molar-refractivity contribution is 5.84. The molecule has 5 rings (SSSR count). The Morgan fingerprint density at radius 3 is 2.68 bits per heavy atom. The van der Waals surface area contributed by atoms with Crippen molar-refractivity contribution in [3.63, 3.8) is 0 Å². The smallest absolute Gasteiger partial charge is 0.339 e. The van der Waals surface area contributed by atoms with E-state index in [-0.39, 0.29) is 35.6 Å². The Morgan fingerprint density at radius 2 is 2.00 bits per heavy atom. The number of aliphatic hydroxyl groups is 1. The van der Waals surface area contributed by atoms with E-state index in [0.29, 0.717) is 41.8 Å². The van der Waals surface area contributed by atoms with Gasteiger partial charge in [-0.15, -0.1) is 0 Å². The van der Waals surface area contributed by atoms with E-state index in [2.05, 4.69) is 20.6 Å². The second-order valence-corrected chi connectivity index (χ2v) is 9.81. The number of amides is 1. The van der Waals surface area contributed by atoms with Crippen molar-refractivity contribution < 1.29 is 23.3 Å². The number of fused-ring (bicyclic) bond motifs is 1. The summed E-state index contributed by atoms with van der Waals surface area (Å²) in [4.78, 5) is 17.4. The summed E-state index contributed by atoms with van der Waals surface area (Å²) in [6.45, 7) is 6.67. The van der Waals surface area contributed by atoms with Crippen molar-refractivity contribution in [3.05, 3.63) is 35.6 Å². The third kappa shape index (κ3) is 3.83. The lowest BCUT2D eigenvalue weighted by molar-refractivity contribution is -0.886. The summed E-state index contributed by atoms with van der Waals surface area (Å²) in [7, 11) is 0. The summed E-state index contributed by atoms with van der Waals surface area (Å²) >= 11 is 0. The number of aromatic nitrogens is 4. The van der Waals surface area contributed by atoms with E-state index in [0.717, 1.165) is 37.0 Å². The highest BCUT2D eigenvalue weighted by Crippen LogP contribution is 2.36. The van der Waals surface area contributed by atoms with Gasteiger partial charge >= 0.3 is 5.91 Å². The maximum atomic E-state index is 14.7. The van der Waals surface area contributed by atoms with Gasteiger partial charge in [-0.25, -0.2) is 9.18 Å². The zero-order chi connectivity index (χ0) is 23.9. The van der Waals surface area contributed by atoms with E-state index in [1.54, 1.807) is 6.07 Å². The van der Waals surface area contributed by atoms with Crippen LogP contribution in [0.1, 0.15) is 63.0 Å².